The molecule has 0 aromatic rings. The first-order valence-electron chi connectivity index (χ1n) is 10.5. The van der Waals surface area contributed by atoms with Crippen molar-refractivity contribution in [1.82, 2.24) is 4.90 Å². The monoisotopic (exact) mass is 331 g/mol. The number of fused-ring (bicyclic) bond motifs is 1. The third-order valence-corrected chi connectivity index (χ3v) is 6.09. The number of carbonyl (C=O) groups excluding carboxylic acids is 1. The van der Waals surface area contributed by atoms with Gasteiger partial charge in [-0.05, 0) is 44.9 Å². The molecule has 0 spiro atoms. The Morgan fingerprint density at radius 3 is 2.25 bits per heavy atom. The van der Waals surface area contributed by atoms with Crippen molar-refractivity contribution in [1.29, 1.82) is 0 Å². The molecule has 2 fully saturated rings. The van der Waals surface area contributed by atoms with Gasteiger partial charge in [0.05, 0.1) is 7.85 Å². The minimum Gasteiger partial charge on any atom is -0.337 e. The van der Waals surface area contributed by atoms with Crippen LogP contribution in [0.4, 0.5) is 0 Å². The van der Waals surface area contributed by atoms with Gasteiger partial charge < -0.3 is 4.90 Å². The smallest absolute Gasteiger partial charge is 0.226 e. The van der Waals surface area contributed by atoms with Crippen LogP contribution < -0.4 is 0 Å². The molecule has 1 aliphatic carbocycles. The molecule has 3 heteroatoms. The lowest BCUT2D eigenvalue weighted by atomic mass is 9.69. The van der Waals surface area contributed by atoms with Gasteiger partial charge in [-0.15, -0.1) is 0 Å². The van der Waals surface area contributed by atoms with Gasteiger partial charge in [-0.2, -0.15) is 0 Å². The van der Waals surface area contributed by atoms with Crippen molar-refractivity contribution in [3.63, 3.8) is 0 Å². The summed E-state index contributed by atoms with van der Waals surface area (Å²) < 4.78 is 0. The molecule has 24 heavy (non-hydrogen) atoms. The first-order valence-corrected chi connectivity index (χ1v) is 10.5. The zero-order valence-corrected chi connectivity index (χ0v) is 16.5. The molecule has 4 unspecified atom stereocenters. The van der Waals surface area contributed by atoms with E-state index in [1.165, 1.54) is 38.5 Å². The number of carbonyl (C=O) groups is 1. The van der Waals surface area contributed by atoms with Gasteiger partial charge in [0.1, 0.15) is 0 Å². The molecule has 2 radical (unpaired) electrons. The van der Waals surface area contributed by atoms with E-state index in [0.717, 1.165) is 25.7 Å². The Hall–Kier alpha value is -0.465. The summed E-state index contributed by atoms with van der Waals surface area (Å²) in [5.41, 5.74) is 0. The number of amides is 1. The maximum absolute atomic E-state index is 13.2. The predicted octanol–water partition coefficient (Wildman–Crippen LogP) is 5.37. The van der Waals surface area contributed by atoms with Crippen LogP contribution in [-0.2, 0) is 4.79 Å². The normalized spacial score (nSPS) is 33.4. The number of hydrogen-bond donors (Lipinski definition) is 0. The molecule has 136 valence electrons. The molecule has 0 N–H and O–H groups in total. The highest BCUT2D eigenvalue weighted by atomic mass is 16.2. The van der Waals surface area contributed by atoms with Crippen LogP contribution in [0, 0.1) is 17.8 Å². The van der Waals surface area contributed by atoms with E-state index >= 15 is 0 Å². The summed E-state index contributed by atoms with van der Waals surface area (Å²) in [6.07, 6.45) is 12.1. The van der Waals surface area contributed by atoms with Crippen molar-refractivity contribution in [3.05, 3.63) is 0 Å². The number of likely N-dealkylation sites (tertiary alicyclic amines) is 1. The largest absolute Gasteiger partial charge is 0.337 e. The zero-order valence-electron chi connectivity index (χ0n) is 16.5. The van der Waals surface area contributed by atoms with Gasteiger partial charge in [0.15, 0.2) is 0 Å². The molecule has 0 aromatic carbocycles. The van der Waals surface area contributed by atoms with E-state index in [4.69, 9.17) is 7.85 Å². The van der Waals surface area contributed by atoms with Crippen LogP contribution in [-0.4, -0.2) is 30.7 Å². The standard InChI is InChI=1S/C21H38BNO/c1-15(2)12-18-13-17-14-19(22)10-8-6-5-7-9-11-20(17)23(16(3)4)21(18)24/h15-20H,5-14H2,1-4H3. The number of rotatable bonds is 3. The first-order chi connectivity index (χ1) is 11.4. The number of nitrogens with zero attached hydrogens (tertiary/aromatic N) is 1. The van der Waals surface area contributed by atoms with Gasteiger partial charge in [0.25, 0.3) is 0 Å². The van der Waals surface area contributed by atoms with E-state index in [9.17, 15) is 4.79 Å². The molecule has 2 aliphatic rings. The molecule has 2 rings (SSSR count). The zero-order chi connectivity index (χ0) is 17.7. The van der Waals surface area contributed by atoms with E-state index in [0.29, 0.717) is 35.6 Å². The highest BCUT2D eigenvalue weighted by molar-refractivity contribution is 6.11. The Labute approximate surface area is 151 Å². The first kappa shape index (κ1) is 19.9. The summed E-state index contributed by atoms with van der Waals surface area (Å²) >= 11 is 0. The van der Waals surface area contributed by atoms with Gasteiger partial charge in [0, 0.05) is 18.0 Å². The van der Waals surface area contributed by atoms with Crippen molar-refractivity contribution in [2.45, 2.75) is 110 Å². The maximum atomic E-state index is 13.2. The second kappa shape index (κ2) is 9.29. The Kier molecular flexibility index (Phi) is 7.69. The molecule has 0 aromatic heterocycles. The molecule has 1 heterocycles. The third kappa shape index (κ3) is 5.26. The second-order valence-corrected chi connectivity index (χ2v) is 9.07. The number of hydrogen-bond acceptors (Lipinski definition) is 1. The Balaban J connectivity index is 2.21. The van der Waals surface area contributed by atoms with E-state index < -0.39 is 0 Å². The Morgan fingerprint density at radius 2 is 1.62 bits per heavy atom. The fourth-order valence-corrected chi connectivity index (χ4v) is 5.05. The van der Waals surface area contributed by atoms with E-state index in [1.54, 1.807) is 0 Å². The Bertz CT molecular complexity index is 395. The highest BCUT2D eigenvalue weighted by Gasteiger charge is 2.42. The Morgan fingerprint density at radius 1 is 1.00 bits per heavy atom. The van der Waals surface area contributed by atoms with Crippen molar-refractivity contribution in [3.8, 4) is 0 Å². The van der Waals surface area contributed by atoms with Gasteiger partial charge in [0.2, 0.25) is 5.91 Å². The van der Waals surface area contributed by atoms with Gasteiger partial charge in [-0.1, -0.05) is 64.6 Å². The van der Waals surface area contributed by atoms with Crippen molar-refractivity contribution in [2.24, 2.45) is 17.8 Å². The summed E-state index contributed by atoms with van der Waals surface area (Å²) in [6, 6.07) is 0.728. The minimum absolute atomic E-state index is 0.214. The minimum atomic E-state index is 0.214. The summed E-state index contributed by atoms with van der Waals surface area (Å²) in [6.45, 7) is 8.86. The molecule has 2 nitrogen and oxygen atoms in total. The SMILES string of the molecule is [B]C1CCCCCCCC2C(C1)CC(CC(C)C)C(=O)N2C(C)C. The van der Waals surface area contributed by atoms with Crippen LogP contribution >= 0.6 is 0 Å². The quantitative estimate of drug-likeness (QED) is 0.637. The molecular weight excluding hydrogens is 293 g/mol. The van der Waals surface area contributed by atoms with Crippen molar-refractivity contribution < 1.29 is 4.79 Å². The van der Waals surface area contributed by atoms with E-state index in [1.807, 2.05) is 0 Å². The van der Waals surface area contributed by atoms with Crippen LogP contribution in [0.2, 0.25) is 5.82 Å². The van der Waals surface area contributed by atoms with Gasteiger partial charge >= 0.3 is 0 Å². The van der Waals surface area contributed by atoms with Gasteiger partial charge in [-0.25, -0.2) is 0 Å². The van der Waals surface area contributed by atoms with Crippen molar-refractivity contribution in [2.75, 3.05) is 0 Å². The lowest BCUT2D eigenvalue weighted by Crippen LogP contribution is -2.55. The van der Waals surface area contributed by atoms with Crippen LogP contribution in [0.15, 0.2) is 0 Å². The predicted molar refractivity (Wildman–Crippen MR) is 103 cm³/mol. The molecule has 0 bridgehead atoms. The lowest BCUT2D eigenvalue weighted by Gasteiger charge is -2.48. The third-order valence-electron chi connectivity index (χ3n) is 6.09. The molecule has 1 saturated carbocycles. The van der Waals surface area contributed by atoms with Crippen LogP contribution in [0.5, 0.6) is 0 Å². The molecule has 4 atom stereocenters. The summed E-state index contributed by atoms with van der Waals surface area (Å²) in [7, 11) is 6.48. The topological polar surface area (TPSA) is 20.3 Å². The van der Waals surface area contributed by atoms with Crippen LogP contribution in [0.1, 0.15) is 91.9 Å². The summed E-state index contributed by atoms with van der Waals surface area (Å²) in [4.78, 5) is 15.4. The summed E-state index contributed by atoms with van der Waals surface area (Å²) in [5.74, 6) is 2.13. The van der Waals surface area contributed by atoms with E-state index in [2.05, 4.69) is 32.6 Å². The fourth-order valence-electron chi connectivity index (χ4n) is 5.05. The average molecular weight is 331 g/mol. The van der Waals surface area contributed by atoms with Crippen LogP contribution in [0.25, 0.3) is 0 Å². The van der Waals surface area contributed by atoms with Crippen molar-refractivity contribution >= 4 is 13.8 Å². The second-order valence-electron chi connectivity index (χ2n) is 9.07. The molecule has 1 saturated heterocycles. The molecular formula is C21H38BNO. The molecule has 1 amide bonds. The fraction of sp³-hybridized carbons (Fsp3) is 0.952. The highest BCUT2D eigenvalue weighted by Crippen LogP contribution is 2.40. The summed E-state index contributed by atoms with van der Waals surface area (Å²) in [5, 5.41) is 0. The molecule has 1 aliphatic heterocycles. The number of piperidine rings is 1. The average Bonchev–Trinajstić information content (AvgIpc) is 2.52. The maximum Gasteiger partial charge on any atom is 0.226 e. The van der Waals surface area contributed by atoms with Crippen LogP contribution in [0.3, 0.4) is 0 Å². The van der Waals surface area contributed by atoms with Gasteiger partial charge in [-0.3, -0.25) is 4.79 Å². The lowest BCUT2D eigenvalue weighted by molar-refractivity contribution is -0.148. The van der Waals surface area contributed by atoms with E-state index in [-0.39, 0.29) is 5.92 Å².